The number of thiophene rings is 1. The van der Waals surface area contributed by atoms with Gasteiger partial charge in [0.25, 0.3) is 0 Å². The van der Waals surface area contributed by atoms with Gasteiger partial charge in [0.1, 0.15) is 0 Å². The first kappa shape index (κ1) is 14.8. The molecule has 1 heterocycles. The van der Waals surface area contributed by atoms with Crippen molar-refractivity contribution in [1.29, 1.82) is 0 Å². The number of halogens is 1. The lowest BCUT2D eigenvalue weighted by Gasteiger charge is -2.04. The summed E-state index contributed by atoms with van der Waals surface area (Å²) in [6.07, 6.45) is 2.70. The van der Waals surface area contributed by atoms with E-state index in [9.17, 15) is 4.79 Å². The molecule has 3 nitrogen and oxygen atoms in total. The van der Waals surface area contributed by atoms with E-state index in [-0.39, 0.29) is 0 Å². The summed E-state index contributed by atoms with van der Waals surface area (Å²) >= 11 is 7.54. The molecule has 0 aliphatic heterocycles. The number of benzene rings is 1. The second-order valence-electron chi connectivity index (χ2n) is 4.06. The fourth-order valence-electron chi connectivity index (χ4n) is 1.59. The van der Waals surface area contributed by atoms with E-state index in [0.29, 0.717) is 18.2 Å². The number of hydrogen-bond acceptors (Lipinski definition) is 3. The minimum Gasteiger partial charge on any atom is -0.478 e. The molecule has 0 saturated heterocycles. The molecule has 0 aliphatic rings. The first-order valence-electron chi connectivity index (χ1n) is 5.96. The van der Waals surface area contributed by atoms with Crippen LogP contribution in [0.2, 0.25) is 5.02 Å². The van der Waals surface area contributed by atoms with Crippen molar-refractivity contribution in [2.24, 2.45) is 0 Å². The average Bonchev–Trinajstić information content (AvgIpc) is 2.87. The maximum absolute atomic E-state index is 10.4. The summed E-state index contributed by atoms with van der Waals surface area (Å²) in [5, 5.41) is 9.25. The molecular formula is C15H13ClO3S. The SMILES string of the molecule is O=C(O)C=Cc1ccc(COCc2ccccc2Cl)s1. The summed E-state index contributed by atoms with van der Waals surface area (Å²) < 4.78 is 5.61. The predicted octanol–water partition coefficient (Wildman–Crippen LogP) is 4.22. The van der Waals surface area contributed by atoms with E-state index in [1.165, 1.54) is 11.3 Å². The van der Waals surface area contributed by atoms with Gasteiger partial charge in [-0.3, -0.25) is 0 Å². The Morgan fingerprint density at radius 3 is 2.80 bits per heavy atom. The molecule has 0 saturated carbocycles. The van der Waals surface area contributed by atoms with Crippen LogP contribution in [0.1, 0.15) is 15.3 Å². The second kappa shape index (κ2) is 7.24. The zero-order valence-corrected chi connectivity index (χ0v) is 12.2. The van der Waals surface area contributed by atoms with Crippen LogP contribution in [-0.4, -0.2) is 11.1 Å². The second-order valence-corrected chi connectivity index (χ2v) is 5.67. The number of carboxylic acid groups (broad SMARTS) is 1. The Balaban J connectivity index is 1.86. The highest BCUT2D eigenvalue weighted by molar-refractivity contribution is 7.12. The van der Waals surface area contributed by atoms with Crippen LogP contribution in [0.3, 0.4) is 0 Å². The highest BCUT2D eigenvalue weighted by Crippen LogP contribution is 2.20. The van der Waals surface area contributed by atoms with E-state index in [1.807, 2.05) is 36.4 Å². The molecular weight excluding hydrogens is 296 g/mol. The Hall–Kier alpha value is -1.62. The van der Waals surface area contributed by atoms with Crippen LogP contribution >= 0.6 is 22.9 Å². The number of aliphatic carboxylic acids is 1. The molecule has 20 heavy (non-hydrogen) atoms. The summed E-state index contributed by atoms with van der Waals surface area (Å²) in [7, 11) is 0. The van der Waals surface area contributed by atoms with E-state index < -0.39 is 5.97 Å². The van der Waals surface area contributed by atoms with E-state index in [4.69, 9.17) is 21.4 Å². The first-order chi connectivity index (χ1) is 9.65. The average molecular weight is 309 g/mol. The molecule has 0 fully saturated rings. The van der Waals surface area contributed by atoms with Crippen LogP contribution in [0.25, 0.3) is 6.08 Å². The fourth-order valence-corrected chi connectivity index (χ4v) is 2.64. The Labute approximate surface area is 126 Å². The van der Waals surface area contributed by atoms with Crippen molar-refractivity contribution in [1.82, 2.24) is 0 Å². The van der Waals surface area contributed by atoms with Crippen molar-refractivity contribution in [2.75, 3.05) is 0 Å². The zero-order chi connectivity index (χ0) is 14.4. The normalized spacial score (nSPS) is 11.1. The smallest absolute Gasteiger partial charge is 0.328 e. The molecule has 1 aromatic heterocycles. The monoisotopic (exact) mass is 308 g/mol. The third-order valence-electron chi connectivity index (χ3n) is 2.53. The van der Waals surface area contributed by atoms with Crippen LogP contribution < -0.4 is 0 Å². The van der Waals surface area contributed by atoms with Crippen molar-refractivity contribution in [3.05, 3.63) is 62.8 Å². The molecule has 0 bridgehead atoms. The molecule has 104 valence electrons. The van der Waals surface area contributed by atoms with Gasteiger partial charge in [-0.05, 0) is 29.8 Å². The van der Waals surface area contributed by atoms with Gasteiger partial charge in [0.2, 0.25) is 0 Å². The number of carbonyl (C=O) groups is 1. The number of hydrogen-bond donors (Lipinski definition) is 1. The largest absolute Gasteiger partial charge is 0.478 e. The Bertz CT molecular complexity index is 619. The molecule has 0 unspecified atom stereocenters. The van der Waals surface area contributed by atoms with Crippen molar-refractivity contribution >= 4 is 35.0 Å². The van der Waals surface area contributed by atoms with Gasteiger partial charge in [-0.1, -0.05) is 29.8 Å². The maximum atomic E-state index is 10.4. The lowest BCUT2D eigenvalue weighted by molar-refractivity contribution is -0.131. The topological polar surface area (TPSA) is 46.5 Å². The minimum absolute atomic E-state index is 0.456. The predicted molar refractivity (Wildman–Crippen MR) is 80.9 cm³/mol. The minimum atomic E-state index is -0.949. The van der Waals surface area contributed by atoms with E-state index >= 15 is 0 Å². The van der Waals surface area contributed by atoms with E-state index in [0.717, 1.165) is 21.4 Å². The van der Waals surface area contributed by atoms with Gasteiger partial charge in [-0.15, -0.1) is 11.3 Å². The highest BCUT2D eigenvalue weighted by atomic mass is 35.5. The molecule has 0 spiro atoms. The van der Waals surface area contributed by atoms with Crippen molar-refractivity contribution in [2.45, 2.75) is 13.2 Å². The molecule has 1 aromatic carbocycles. The molecule has 0 aliphatic carbocycles. The molecule has 2 rings (SSSR count). The lowest BCUT2D eigenvalue weighted by atomic mass is 10.2. The Morgan fingerprint density at radius 1 is 1.25 bits per heavy atom. The summed E-state index contributed by atoms with van der Waals surface area (Å²) in [5.41, 5.74) is 0.955. The summed E-state index contributed by atoms with van der Waals surface area (Å²) in [4.78, 5) is 12.4. The quantitative estimate of drug-likeness (QED) is 0.813. The number of carboxylic acids is 1. The van der Waals surface area contributed by atoms with Crippen LogP contribution in [0.4, 0.5) is 0 Å². The van der Waals surface area contributed by atoms with Crippen molar-refractivity contribution < 1.29 is 14.6 Å². The fraction of sp³-hybridized carbons (Fsp3) is 0.133. The van der Waals surface area contributed by atoms with Gasteiger partial charge < -0.3 is 9.84 Å². The van der Waals surface area contributed by atoms with Crippen LogP contribution in [0.15, 0.2) is 42.5 Å². The third-order valence-corrected chi connectivity index (χ3v) is 3.93. The van der Waals surface area contributed by atoms with E-state index in [1.54, 1.807) is 6.08 Å². The summed E-state index contributed by atoms with van der Waals surface area (Å²) in [6, 6.07) is 11.4. The van der Waals surface area contributed by atoms with Gasteiger partial charge >= 0.3 is 5.97 Å². The Morgan fingerprint density at radius 2 is 2.05 bits per heavy atom. The van der Waals surface area contributed by atoms with Crippen molar-refractivity contribution in [3.63, 3.8) is 0 Å². The van der Waals surface area contributed by atoms with Crippen molar-refractivity contribution in [3.8, 4) is 0 Å². The maximum Gasteiger partial charge on any atom is 0.328 e. The van der Waals surface area contributed by atoms with Gasteiger partial charge in [0.05, 0.1) is 13.2 Å². The van der Waals surface area contributed by atoms with Gasteiger partial charge in [-0.25, -0.2) is 4.79 Å². The van der Waals surface area contributed by atoms with E-state index in [2.05, 4.69) is 0 Å². The number of rotatable bonds is 6. The molecule has 0 atom stereocenters. The molecule has 0 radical (unpaired) electrons. The third kappa shape index (κ3) is 4.49. The first-order valence-corrected chi connectivity index (χ1v) is 7.15. The lowest BCUT2D eigenvalue weighted by Crippen LogP contribution is -1.92. The molecule has 0 amide bonds. The number of ether oxygens (including phenoxy) is 1. The standard InChI is InChI=1S/C15H13ClO3S/c16-14-4-2-1-3-11(14)9-19-10-13-6-5-12(20-13)7-8-15(17)18/h1-8H,9-10H2,(H,17,18). The molecule has 1 N–H and O–H groups in total. The van der Waals surface area contributed by atoms with Gasteiger partial charge in [0.15, 0.2) is 0 Å². The van der Waals surface area contributed by atoms with Crippen LogP contribution in [0, 0.1) is 0 Å². The van der Waals surface area contributed by atoms with Gasteiger partial charge in [-0.2, -0.15) is 0 Å². The Kier molecular flexibility index (Phi) is 5.35. The highest BCUT2D eigenvalue weighted by Gasteiger charge is 2.01. The molecule has 2 aromatic rings. The molecule has 5 heteroatoms. The summed E-state index contributed by atoms with van der Waals surface area (Å²) in [6.45, 7) is 0.939. The van der Waals surface area contributed by atoms with Gasteiger partial charge in [0, 0.05) is 20.9 Å². The zero-order valence-electron chi connectivity index (χ0n) is 10.6. The van der Waals surface area contributed by atoms with Crippen LogP contribution in [-0.2, 0) is 22.7 Å². The summed E-state index contributed by atoms with van der Waals surface area (Å²) in [5.74, 6) is -0.949. The van der Waals surface area contributed by atoms with Crippen LogP contribution in [0.5, 0.6) is 0 Å².